The third-order valence-corrected chi connectivity index (χ3v) is 7.17. The van der Waals surface area contributed by atoms with Crippen LogP contribution < -0.4 is 19.6 Å². The van der Waals surface area contributed by atoms with Crippen molar-refractivity contribution in [1.29, 1.82) is 0 Å². The van der Waals surface area contributed by atoms with Gasteiger partial charge in [0.15, 0.2) is 16.9 Å². The molecular weight excluding hydrogens is 494 g/mol. The van der Waals surface area contributed by atoms with Crippen molar-refractivity contribution in [2.75, 3.05) is 27.4 Å². The average Bonchev–Trinajstić information content (AvgIpc) is 3.21. The highest BCUT2D eigenvalue weighted by Gasteiger charge is 2.42. The second-order valence-electron chi connectivity index (χ2n) is 9.89. The zero-order valence-corrected chi connectivity index (χ0v) is 23.0. The summed E-state index contributed by atoms with van der Waals surface area (Å²) in [6.07, 6.45) is 1.46. The van der Waals surface area contributed by atoms with Crippen LogP contribution in [0.25, 0.3) is 11.0 Å². The molecule has 202 valence electrons. The fraction of sp³-hybridized carbons (Fsp3) is 0.312. The van der Waals surface area contributed by atoms with Crippen LogP contribution in [0.15, 0.2) is 63.8 Å². The molecule has 1 aliphatic heterocycles. The Morgan fingerprint density at radius 3 is 2.36 bits per heavy atom. The van der Waals surface area contributed by atoms with Crippen LogP contribution >= 0.6 is 0 Å². The molecule has 1 amide bonds. The van der Waals surface area contributed by atoms with Gasteiger partial charge in [0.05, 0.1) is 37.8 Å². The zero-order valence-electron chi connectivity index (χ0n) is 23.0. The van der Waals surface area contributed by atoms with Crippen LogP contribution in [-0.2, 0) is 6.42 Å². The summed E-state index contributed by atoms with van der Waals surface area (Å²) in [5.74, 6) is 1.83. The van der Waals surface area contributed by atoms with E-state index in [-0.39, 0.29) is 17.1 Å². The Hall–Kier alpha value is -4.26. The minimum atomic E-state index is -0.575. The lowest BCUT2D eigenvalue weighted by Crippen LogP contribution is -2.31. The zero-order chi connectivity index (χ0) is 27.7. The Morgan fingerprint density at radius 1 is 0.923 bits per heavy atom. The standard InChI is InChI=1S/C32H33NO6/c1-6-15-38-23-10-8-22(9-11-23)29-28-30(34)27-20(3)16-19(2)17-26(27)39-31(28)32(35)33(29)14-13-21-7-12-24(36-4)25(18-21)37-5/h7-12,16-18,29H,6,13-15H2,1-5H3. The predicted molar refractivity (Wildman–Crippen MR) is 150 cm³/mol. The first-order chi connectivity index (χ1) is 18.9. The van der Waals surface area contributed by atoms with Crippen molar-refractivity contribution in [2.45, 2.75) is 39.7 Å². The monoisotopic (exact) mass is 527 g/mol. The van der Waals surface area contributed by atoms with E-state index < -0.39 is 6.04 Å². The lowest BCUT2D eigenvalue weighted by atomic mass is 9.96. The van der Waals surface area contributed by atoms with Crippen LogP contribution in [0.2, 0.25) is 0 Å². The summed E-state index contributed by atoms with van der Waals surface area (Å²) in [6, 6.07) is 16.5. The van der Waals surface area contributed by atoms with Gasteiger partial charge in [0.2, 0.25) is 5.76 Å². The Balaban J connectivity index is 1.58. The Morgan fingerprint density at radius 2 is 1.67 bits per heavy atom. The fourth-order valence-corrected chi connectivity index (χ4v) is 5.34. The van der Waals surface area contributed by atoms with E-state index in [0.717, 1.165) is 34.4 Å². The molecule has 0 aliphatic carbocycles. The lowest BCUT2D eigenvalue weighted by molar-refractivity contribution is 0.0730. The second kappa shape index (κ2) is 10.8. The summed E-state index contributed by atoms with van der Waals surface area (Å²) in [7, 11) is 3.19. The van der Waals surface area contributed by atoms with E-state index in [1.54, 1.807) is 19.1 Å². The Labute approximate surface area is 227 Å². The number of hydrogen-bond donors (Lipinski definition) is 0. The van der Waals surface area contributed by atoms with Crippen molar-refractivity contribution in [3.63, 3.8) is 0 Å². The predicted octanol–water partition coefficient (Wildman–Crippen LogP) is 6.00. The summed E-state index contributed by atoms with van der Waals surface area (Å²) in [4.78, 5) is 29.5. The SMILES string of the molecule is CCCOc1ccc(C2c3c(oc4cc(C)cc(C)c4c3=O)C(=O)N2CCc2ccc(OC)c(OC)c2)cc1. The molecule has 2 heterocycles. The molecule has 0 radical (unpaired) electrons. The molecule has 39 heavy (non-hydrogen) atoms. The number of carbonyl (C=O) groups is 1. The number of benzene rings is 3. The van der Waals surface area contributed by atoms with Gasteiger partial charge in [-0.25, -0.2) is 0 Å². The van der Waals surface area contributed by atoms with E-state index in [1.165, 1.54) is 0 Å². The van der Waals surface area contributed by atoms with Crippen LogP contribution in [0.5, 0.6) is 17.2 Å². The van der Waals surface area contributed by atoms with Gasteiger partial charge >= 0.3 is 0 Å². The quantitative estimate of drug-likeness (QED) is 0.266. The highest BCUT2D eigenvalue weighted by molar-refractivity contribution is 5.99. The summed E-state index contributed by atoms with van der Waals surface area (Å²) in [5.41, 5.74) is 4.27. The van der Waals surface area contributed by atoms with Crippen LogP contribution in [0, 0.1) is 13.8 Å². The minimum Gasteiger partial charge on any atom is -0.494 e. The number of amides is 1. The van der Waals surface area contributed by atoms with E-state index in [0.29, 0.717) is 47.6 Å². The molecule has 1 aromatic heterocycles. The van der Waals surface area contributed by atoms with Gasteiger partial charge in [0.1, 0.15) is 11.3 Å². The average molecular weight is 528 g/mol. The molecule has 0 saturated carbocycles. The third kappa shape index (κ3) is 4.85. The molecule has 5 rings (SSSR count). The first kappa shape index (κ1) is 26.4. The van der Waals surface area contributed by atoms with E-state index >= 15 is 0 Å². The van der Waals surface area contributed by atoms with Gasteiger partial charge in [0, 0.05) is 6.54 Å². The molecule has 7 nitrogen and oxygen atoms in total. The first-order valence-corrected chi connectivity index (χ1v) is 13.2. The number of carbonyl (C=O) groups excluding carboxylic acids is 1. The Kier molecular flexibility index (Phi) is 7.33. The smallest absolute Gasteiger partial charge is 0.290 e. The highest BCUT2D eigenvalue weighted by atomic mass is 16.5. The molecule has 1 atom stereocenters. The molecule has 0 bridgehead atoms. The van der Waals surface area contributed by atoms with Gasteiger partial charge in [-0.05, 0) is 79.3 Å². The summed E-state index contributed by atoms with van der Waals surface area (Å²) >= 11 is 0. The minimum absolute atomic E-state index is 0.112. The molecule has 7 heteroatoms. The largest absolute Gasteiger partial charge is 0.494 e. The summed E-state index contributed by atoms with van der Waals surface area (Å²) < 4.78 is 22.8. The maximum Gasteiger partial charge on any atom is 0.290 e. The number of methoxy groups -OCH3 is 2. The fourth-order valence-electron chi connectivity index (χ4n) is 5.34. The van der Waals surface area contributed by atoms with Gasteiger partial charge in [-0.2, -0.15) is 0 Å². The van der Waals surface area contributed by atoms with Crippen LogP contribution in [0.3, 0.4) is 0 Å². The molecule has 3 aromatic carbocycles. The van der Waals surface area contributed by atoms with E-state index in [1.807, 2.05) is 68.4 Å². The van der Waals surface area contributed by atoms with Crippen LogP contribution in [-0.4, -0.2) is 38.2 Å². The molecule has 0 fully saturated rings. The molecule has 4 aromatic rings. The molecule has 0 spiro atoms. The van der Waals surface area contributed by atoms with Gasteiger partial charge in [-0.15, -0.1) is 0 Å². The maximum atomic E-state index is 14.0. The second-order valence-corrected chi connectivity index (χ2v) is 9.89. The van der Waals surface area contributed by atoms with Gasteiger partial charge in [-0.3, -0.25) is 9.59 Å². The van der Waals surface area contributed by atoms with E-state index in [2.05, 4.69) is 6.92 Å². The van der Waals surface area contributed by atoms with Gasteiger partial charge in [-0.1, -0.05) is 31.2 Å². The number of rotatable bonds is 9. The first-order valence-electron chi connectivity index (χ1n) is 13.2. The highest BCUT2D eigenvalue weighted by Crippen LogP contribution is 2.39. The van der Waals surface area contributed by atoms with Crippen molar-refractivity contribution < 1.29 is 23.4 Å². The van der Waals surface area contributed by atoms with E-state index in [4.69, 9.17) is 18.6 Å². The van der Waals surface area contributed by atoms with Crippen molar-refractivity contribution in [3.05, 3.63) is 98.4 Å². The normalized spacial score (nSPS) is 14.5. The van der Waals surface area contributed by atoms with Crippen LogP contribution in [0.1, 0.15) is 57.8 Å². The topological polar surface area (TPSA) is 78.2 Å². The third-order valence-electron chi connectivity index (χ3n) is 7.17. The van der Waals surface area contributed by atoms with Gasteiger partial charge < -0.3 is 23.5 Å². The van der Waals surface area contributed by atoms with E-state index in [9.17, 15) is 9.59 Å². The molecule has 0 saturated heterocycles. The van der Waals surface area contributed by atoms with Crippen molar-refractivity contribution in [1.82, 2.24) is 4.90 Å². The molecule has 0 N–H and O–H groups in total. The number of fused-ring (bicyclic) bond motifs is 2. The number of ether oxygens (including phenoxy) is 3. The van der Waals surface area contributed by atoms with Crippen molar-refractivity contribution >= 4 is 16.9 Å². The summed E-state index contributed by atoms with van der Waals surface area (Å²) in [6.45, 7) is 6.90. The van der Waals surface area contributed by atoms with Crippen molar-refractivity contribution in [3.8, 4) is 17.2 Å². The number of nitrogens with zero attached hydrogens (tertiary/aromatic N) is 1. The maximum absolute atomic E-state index is 14.0. The molecule has 1 unspecified atom stereocenters. The number of hydrogen-bond acceptors (Lipinski definition) is 6. The lowest BCUT2D eigenvalue weighted by Gasteiger charge is -2.25. The van der Waals surface area contributed by atoms with Gasteiger partial charge in [0.25, 0.3) is 5.91 Å². The Bertz CT molecular complexity index is 1590. The van der Waals surface area contributed by atoms with Crippen LogP contribution in [0.4, 0.5) is 0 Å². The molecule has 1 aliphatic rings. The summed E-state index contributed by atoms with van der Waals surface area (Å²) in [5, 5.41) is 0.516. The molecular formula is C32H33NO6. The number of aryl methyl sites for hydroxylation is 2. The van der Waals surface area contributed by atoms with Crippen molar-refractivity contribution in [2.24, 2.45) is 0 Å².